The Hall–Kier alpha value is -2.52. The van der Waals surface area contributed by atoms with Crippen LogP contribution in [0, 0.1) is 5.82 Å². The van der Waals surface area contributed by atoms with Gasteiger partial charge < -0.3 is 9.73 Å². The van der Waals surface area contributed by atoms with E-state index in [1.807, 2.05) is 0 Å². The van der Waals surface area contributed by atoms with E-state index in [0.717, 1.165) is 30.0 Å². The molecule has 1 N–H and O–H groups in total. The number of hydrogen-bond acceptors (Lipinski definition) is 6. The monoisotopic (exact) mass is 366 g/mol. The summed E-state index contributed by atoms with van der Waals surface area (Å²) in [5.41, 5.74) is 0.602. The topological polar surface area (TPSA) is 89.3 Å². The standard InChI is InChI=1S/C15H11FN2O4S2/c1-24(20,21)10-2-3-11(16)12(6-10)17-14(19)13-8-23-15(18-13)9-4-5-22-7-9/h2-8H,1H3,(H,17,19). The molecule has 0 radical (unpaired) electrons. The van der Waals surface area contributed by atoms with Crippen LogP contribution in [0.4, 0.5) is 10.1 Å². The number of halogens is 1. The Morgan fingerprint density at radius 2 is 2.12 bits per heavy atom. The molecule has 0 atom stereocenters. The van der Waals surface area contributed by atoms with Gasteiger partial charge in [0, 0.05) is 17.2 Å². The molecule has 1 aromatic carbocycles. The zero-order valence-electron chi connectivity index (χ0n) is 12.3. The summed E-state index contributed by atoms with van der Waals surface area (Å²) in [6, 6.07) is 4.91. The van der Waals surface area contributed by atoms with E-state index < -0.39 is 21.6 Å². The van der Waals surface area contributed by atoms with Crippen LogP contribution < -0.4 is 5.32 Å². The molecule has 2 aromatic heterocycles. The molecule has 0 bridgehead atoms. The second kappa shape index (κ2) is 6.17. The molecule has 2 heterocycles. The fourth-order valence-corrected chi connectivity index (χ4v) is 3.35. The highest BCUT2D eigenvalue weighted by Crippen LogP contribution is 2.25. The number of aromatic nitrogens is 1. The molecule has 0 aliphatic carbocycles. The predicted molar refractivity (Wildman–Crippen MR) is 87.3 cm³/mol. The third-order valence-electron chi connectivity index (χ3n) is 3.12. The molecular weight excluding hydrogens is 355 g/mol. The Bertz CT molecular complexity index is 994. The average molecular weight is 366 g/mol. The van der Waals surface area contributed by atoms with Crippen molar-refractivity contribution < 1.29 is 22.0 Å². The van der Waals surface area contributed by atoms with Gasteiger partial charge in [-0.2, -0.15) is 0 Å². The van der Waals surface area contributed by atoms with Crippen molar-refractivity contribution in [3.8, 4) is 10.6 Å². The fraction of sp³-hybridized carbons (Fsp3) is 0.0667. The first-order valence-electron chi connectivity index (χ1n) is 6.63. The molecule has 3 rings (SSSR count). The van der Waals surface area contributed by atoms with Crippen molar-refractivity contribution >= 4 is 32.8 Å². The second-order valence-corrected chi connectivity index (χ2v) is 7.79. The largest absolute Gasteiger partial charge is 0.472 e. The molecule has 9 heteroatoms. The van der Waals surface area contributed by atoms with Crippen molar-refractivity contribution in [1.82, 2.24) is 4.98 Å². The number of sulfone groups is 1. The number of benzene rings is 1. The highest BCUT2D eigenvalue weighted by molar-refractivity contribution is 7.90. The molecule has 0 fully saturated rings. The van der Waals surface area contributed by atoms with Crippen molar-refractivity contribution in [3.05, 3.63) is 53.7 Å². The Kier molecular flexibility index (Phi) is 4.20. The maximum Gasteiger partial charge on any atom is 0.275 e. The molecule has 0 aliphatic rings. The van der Waals surface area contributed by atoms with Crippen LogP contribution in [-0.4, -0.2) is 25.6 Å². The van der Waals surface area contributed by atoms with Crippen LogP contribution >= 0.6 is 11.3 Å². The molecule has 124 valence electrons. The number of thiazole rings is 1. The van der Waals surface area contributed by atoms with E-state index in [0.29, 0.717) is 5.01 Å². The summed E-state index contributed by atoms with van der Waals surface area (Å²) < 4.78 is 41.8. The number of carbonyl (C=O) groups excluding carboxylic acids is 1. The Labute approximate surface area is 140 Å². The van der Waals surface area contributed by atoms with Crippen molar-refractivity contribution in [1.29, 1.82) is 0 Å². The highest BCUT2D eigenvalue weighted by Gasteiger charge is 2.16. The van der Waals surface area contributed by atoms with Crippen molar-refractivity contribution in [2.45, 2.75) is 4.90 Å². The molecule has 6 nitrogen and oxygen atoms in total. The Morgan fingerprint density at radius 3 is 2.79 bits per heavy atom. The lowest BCUT2D eigenvalue weighted by Crippen LogP contribution is -2.14. The number of hydrogen-bond donors (Lipinski definition) is 1. The lowest BCUT2D eigenvalue weighted by atomic mass is 10.3. The van der Waals surface area contributed by atoms with Crippen molar-refractivity contribution in [3.63, 3.8) is 0 Å². The number of nitrogens with zero attached hydrogens (tertiary/aromatic N) is 1. The van der Waals surface area contributed by atoms with Crippen LogP contribution in [0.1, 0.15) is 10.5 Å². The van der Waals surface area contributed by atoms with E-state index >= 15 is 0 Å². The fourth-order valence-electron chi connectivity index (χ4n) is 1.91. The summed E-state index contributed by atoms with van der Waals surface area (Å²) in [6.07, 6.45) is 3.99. The van der Waals surface area contributed by atoms with Crippen LogP contribution in [0.3, 0.4) is 0 Å². The maximum absolute atomic E-state index is 13.8. The molecule has 0 saturated heterocycles. The lowest BCUT2D eigenvalue weighted by molar-refractivity contribution is 0.102. The predicted octanol–water partition coefficient (Wildman–Crippen LogP) is 3.20. The number of carbonyl (C=O) groups is 1. The van der Waals surface area contributed by atoms with Gasteiger partial charge in [0.05, 0.1) is 16.8 Å². The van der Waals surface area contributed by atoms with E-state index in [9.17, 15) is 17.6 Å². The highest BCUT2D eigenvalue weighted by atomic mass is 32.2. The number of amides is 1. The van der Waals surface area contributed by atoms with Gasteiger partial charge in [-0.3, -0.25) is 4.79 Å². The summed E-state index contributed by atoms with van der Waals surface area (Å²) >= 11 is 1.24. The quantitative estimate of drug-likeness (QED) is 0.716. The molecule has 3 aromatic rings. The van der Waals surface area contributed by atoms with E-state index in [-0.39, 0.29) is 16.3 Å². The van der Waals surface area contributed by atoms with Gasteiger partial charge in [-0.05, 0) is 24.3 Å². The zero-order chi connectivity index (χ0) is 17.3. The SMILES string of the molecule is CS(=O)(=O)c1ccc(F)c(NC(=O)c2csc(-c3ccoc3)n2)c1. The number of rotatable bonds is 4. The van der Waals surface area contributed by atoms with Crippen LogP contribution in [0.25, 0.3) is 10.6 Å². The summed E-state index contributed by atoms with van der Waals surface area (Å²) in [5, 5.41) is 4.45. The van der Waals surface area contributed by atoms with Crippen LogP contribution in [0.5, 0.6) is 0 Å². The smallest absolute Gasteiger partial charge is 0.275 e. The molecule has 0 unspecified atom stereocenters. The van der Waals surface area contributed by atoms with Gasteiger partial charge in [0.15, 0.2) is 9.84 Å². The van der Waals surface area contributed by atoms with E-state index in [2.05, 4.69) is 10.3 Å². The van der Waals surface area contributed by atoms with Gasteiger partial charge in [-0.1, -0.05) is 0 Å². The van der Waals surface area contributed by atoms with Gasteiger partial charge in [0.2, 0.25) is 0 Å². The van der Waals surface area contributed by atoms with Gasteiger partial charge in [0.25, 0.3) is 5.91 Å². The minimum atomic E-state index is -3.51. The summed E-state index contributed by atoms with van der Waals surface area (Å²) in [5.74, 6) is -1.37. The third kappa shape index (κ3) is 3.36. The minimum absolute atomic E-state index is 0.0865. The zero-order valence-corrected chi connectivity index (χ0v) is 13.9. The molecule has 24 heavy (non-hydrogen) atoms. The molecule has 0 saturated carbocycles. The number of anilines is 1. The first kappa shape index (κ1) is 16.3. The van der Waals surface area contributed by atoms with Crippen LogP contribution in [0.15, 0.2) is 51.5 Å². The Morgan fingerprint density at radius 1 is 1.33 bits per heavy atom. The van der Waals surface area contributed by atoms with Gasteiger partial charge in [-0.25, -0.2) is 17.8 Å². The van der Waals surface area contributed by atoms with E-state index in [4.69, 9.17) is 4.42 Å². The minimum Gasteiger partial charge on any atom is -0.472 e. The first-order valence-corrected chi connectivity index (χ1v) is 9.41. The molecule has 1 amide bonds. The summed E-state index contributed by atoms with van der Waals surface area (Å²) in [6.45, 7) is 0. The van der Waals surface area contributed by atoms with Crippen LogP contribution in [-0.2, 0) is 9.84 Å². The van der Waals surface area contributed by atoms with Crippen molar-refractivity contribution in [2.75, 3.05) is 11.6 Å². The Balaban J connectivity index is 1.85. The maximum atomic E-state index is 13.8. The van der Waals surface area contributed by atoms with E-state index in [1.165, 1.54) is 29.2 Å². The second-order valence-electron chi connectivity index (χ2n) is 4.92. The average Bonchev–Trinajstić information content (AvgIpc) is 3.19. The molecule has 0 aliphatic heterocycles. The number of nitrogens with one attached hydrogen (secondary N) is 1. The van der Waals surface area contributed by atoms with E-state index in [1.54, 1.807) is 6.07 Å². The van der Waals surface area contributed by atoms with Crippen LogP contribution in [0.2, 0.25) is 0 Å². The summed E-state index contributed by atoms with van der Waals surface area (Å²) in [4.78, 5) is 16.3. The summed E-state index contributed by atoms with van der Waals surface area (Å²) in [7, 11) is -3.51. The molecular formula is C15H11FN2O4S2. The lowest BCUT2D eigenvalue weighted by Gasteiger charge is -2.07. The van der Waals surface area contributed by atoms with Gasteiger partial charge in [0.1, 0.15) is 22.8 Å². The van der Waals surface area contributed by atoms with Gasteiger partial charge >= 0.3 is 0 Å². The van der Waals surface area contributed by atoms with Gasteiger partial charge in [-0.15, -0.1) is 11.3 Å². The molecule has 0 spiro atoms. The normalized spacial score (nSPS) is 11.4. The number of furan rings is 1. The third-order valence-corrected chi connectivity index (χ3v) is 5.12. The van der Waals surface area contributed by atoms with Crippen molar-refractivity contribution in [2.24, 2.45) is 0 Å². The first-order chi connectivity index (χ1) is 11.3.